The molecule has 2 aliphatic carbocycles. The SMILES string of the molecule is O=C1C2=C(C(=O)c3ccccc31)C(c1ccc(C3C4=C(Oc5ccc6ccc(O)cc6c53)C(=O)c3ccccc3C4=O)cc1)c1c(ccc3ccc(O)cc13)O2. The topological polar surface area (TPSA) is 127 Å². The van der Waals surface area contributed by atoms with E-state index in [1.807, 2.05) is 36.4 Å². The Hall–Kier alpha value is -7.58. The molecule has 4 aliphatic rings. The standard InChI is InChI=1S/C48H26O8/c49-27-17-13-23-15-19-35-39(33(23)21-27)37(41-43(51)29-5-1-3-7-31(29)45(53)47(41)55-35)25-9-11-26(12-10-25)38-40-34-22-28(50)18-14-24(34)16-20-36(40)56-48-42(38)44(52)30-6-2-4-8-32(30)46(48)54/h1-22,37-38,49-50H. The first-order chi connectivity index (χ1) is 27.3. The Kier molecular flexibility index (Phi) is 6.53. The Labute approximate surface area is 318 Å². The summed E-state index contributed by atoms with van der Waals surface area (Å²) in [5, 5.41) is 24.2. The first-order valence-corrected chi connectivity index (χ1v) is 18.1. The van der Waals surface area contributed by atoms with Crippen molar-refractivity contribution in [1.29, 1.82) is 0 Å². The van der Waals surface area contributed by atoms with E-state index < -0.39 is 23.4 Å². The molecule has 7 aromatic rings. The van der Waals surface area contributed by atoms with Crippen LogP contribution in [0.5, 0.6) is 23.0 Å². The number of ether oxygens (including phenoxy) is 2. The minimum absolute atomic E-state index is 0.0324. The van der Waals surface area contributed by atoms with Crippen LogP contribution >= 0.6 is 0 Å². The smallest absolute Gasteiger partial charge is 0.229 e. The van der Waals surface area contributed by atoms with Gasteiger partial charge in [-0.15, -0.1) is 0 Å². The molecule has 0 bridgehead atoms. The van der Waals surface area contributed by atoms with E-state index in [9.17, 15) is 29.4 Å². The molecule has 2 heterocycles. The third kappa shape index (κ3) is 4.35. The molecular weight excluding hydrogens is 705 g/mol. The number of allylic oxidation sites excluding steroid dienone is 4. The molecular formula is C48H26O8. The zero-order valence-corrected chi connectivity index (χ0v) is 29.2. The molecule has 0 saturated carbocycles. The lowest BCUT2D eigenvalue weighted by molar-refractivity contribution is 0.0927. The van der Waals surface area contributed by atoms with Gasteiger partial charge in [0.05, 0.1) is 11.1 Å². The Balaban J connectivity index is 1.14. The molecule has 11 rings (SSSR count). The lowest BCUT2D eigenvalue weighted by atomic mass is 9.72. The zero-order valence-electron chi connectivity index (χ0n) is 29.2. The summed E-state index contributed by atoms with van der Waals surface area (Å²) in [4.78, 5) is 57.0. The van der Waals surface area contributed by atoms with Crippen molar-refractivity contribution in [2.75, 3.05) is 0 Å². The fourth-order valence-electron chi connectivity index (χ4n) is 8.92. The van der Waals surface area contributed by atoms with E-state index in [2.05, 4.69) is 0 Å². The Morgan fingerprint density at radius 1 is 0.411 bits per heavy atom. The fourth-order valence-corrected chi connectivity index (χ4v) is 8.92. The van der Waals surface area contributed by atoms with Crippen molar-refractivity contribution in [2.24, 2.45) is 0 Å². The number of hydrogen-bond acceptors (Lipinski definition) is 8. The maximum atomic E-state index is 14.5. The summed E-state index contributed by atoms with van der Waals surface area (Å²) in [6.07, 6.45) is 0. The number of aromatic hydroxyl groups is 2. The van der Waals surface area contributed by atoms with Gasteiger partial charge < -0.3 is 19.7 Å². The van der Waals surface area contributed by atoms with Crippen molar-refractivity contribution < 1.29 is 38.9 Å². The van der Waals surface area contributed by atoms with Gasteiger partial charge in [-0.25, -0.2) is 0 Å². The van der Waals surface area contributed by atoms with Crippen LogP contribution in [0.15, 0.2) is 156 Å². The molecule has 0 saturated heterocycles. The predicted molar refractivity (Wildman–Crippen MR) is 207 cm³/mol. The minimum atomic E-state index is -0.780. The second-order valence-electron chi connectivity index (χ2n) is 14.4. The average Bonchev–Trinajstić information content (AvgIpc) is 3.23. The van der Waals surface area contributed by atoms with Gasteiger partial charge in [-0.05, 0) is 69.1 Å². The number of phenols is 2. The summed E-state index contributed by atoms with van der Waals surface area (Å²) in [6, 6.07) is 38.1. The molecule has 0 fully saturated rings. The van der Waals surface area contributed by atoms with Gasteiger partial charge in [0.15, 0.2) is 23.1 Å². The van der Waals surface area contributed by atoms with Crippen LogP contribution in [0.4, 0.5) is 0 Å². The number of fused-ring (bicyclic) bond motifs is 8. The summed E-state index contributed by atoms with van der Waals surface area (Å²) in [5.41, 5.74) is 4.04. The molecule has 8 heteroatoms. The van der Waals surface area contributed by atoms with Gasteiger partial charge in [-0.1, -0.05) is 97.1 Å². The number of carbonyl (C=O) groups excluding carboxylic acids is 4. The van der Waals surface area contributed by atoms with E-state index >= 15 is 0 Å². The number of Topliss-reactive ketones (excluding diaryl/α,β-unsaturated/α-hetero) is 4. The normalized spacial score (nSPS) is 18.1. The van der Waals surface area contributed by atoms with Crippen LogP contribution < -0.4 is 9.47 Å². The van der Waals surface area contributed by atoms with Crippen molar-refractivity contribution in [1.82, 2.24) is 0 Å². The van der Waals surface area contributed by atoms with Gasteiger partial charge in [0.25, 0.3) is 0 Å². The monoisotopic (exact) mass is 730 g/mol. The highest BCUT2D eigenvalue weighted by atomic mass is 16.5. The largest absolute Gasteiger partial charge is 0.508 e. The van der Waals surface area contributed by atoms with Crippen molar-refractivity contribution in [3.05, 3.63) is 201 Å². The van der Waals surface area contributed by atoms with Crippen molar-refractivity contribution in [3.63, 3.8) is 0 Å². The molecule has 0 spiro atoms. The van der Waals surface area contributed by atoms with Crippen LogP contribution in [0.1, 0.15) is 75.5 Å². The molecule has 266 valence electrons. The Bertz CT molecular complexity index is 2870. The van der Waals surface area contributed by atoms with E-state index in [0.717, 1.165) is 10.8 Å². The summed E-state index contributed by atoms with van der Waals surface area (Å²) in [5.74, 6) is -2.27. The summed E-state index contributed by atoms with van der Waals surface area (Å²) in [7, 11) is 0. The predicted octanol–water partition coefficient (Wildman–Crippen LogP) is 9.12. The van der Waals surface area contributed by atoms with Gasteiger partial charge in [0.2, 0.25) is 11.6 Å². The Morgan fingerprint density at radius 3 is 1.16 bits per heavy atom. The summed E-state index contributed by atoms with van der Waals surface area (Å²) >= 11 is 0. The second kappa shape index (κ2) is 11.5. The van der Waals surface area contributed by atoms with Crippen LogP contribution in [0, 0.1) is 0 Å². The lowest BCUT2D eigenvalue weighted by Gasteiger charge is -2.35. The van der Waals surface area contributed by atoms with Crippen LogP contribution in [-0.4, -0.2) is 33.3 Å². The third-order valence-corrected chi connectivity index (χ3v) is 11.4. The van der Waals surface area contributed by atoms with Crippen molar-refractivity contribution >= 4 is 44.7 Å². The zero-order chi connectivity index (χ0) is 38.0. The molecule has 0 radical (unpaired) electrons. The van der Waals surface area contributed by atoms with Crippen molar-refractivity contribution in [2.45, 2.75) is 11.8 Å². The molecule has 0 aromatic heterocycles. The van der Waals surface area contributed by atoms with E-state index in [-0.39, 0.29) is 68.0 Å². The Morgan fingerprint density at radius 2 is 0.768 bits per heavy atom. The molecule has 2 unspecified atom stereocenters. The number of ketones is 4. The van der Waals surface area contributed by atoms with E-state index in [1.165, 1.54) is 0 Å². The highest BCUT2D eigenvalue weighted by Crippen LogP contribution is 2.53. The molecule has 2 N–H and O–H groups in total. The van der Waals surface area contributed by atoms with Crippen LogP contribution in [-0.2, 0) is 0 Å². The van der Waals surface area contributed by atoms with E-state index in [4.69, 9.17) is 9.47 Å². The molecule has 2 atom stereocenters. The molecule has 0 amide bonds. The molecule has 8 nitrogen and oxygen atoms in total. The van der Waals surface area contributed by atoms with Gasteiger partial charge in [0, 0.05) is 45.2 Å². The molecule has 2 aliphatic heterocycles. The first kappa shape index (κ1) is 31.9. The maximum Gasteiger partial charge on any atom is 0.229 e. The average molecular weight is 731 g/mol. The maximum absolute atomic E-state index is 14.5. The molecule has 56 heavy (non-hydrogen) atoms. The number of benzene rings is 7. The van der Waals surface area contributed by atoms with Crippen LogP contribution in [0.25, 0.3) is 21.5 Å². The number of hydrogen-bond donors (Lipinski definition) is 2. The van der Waals surface area contributed by atoms with Gasteiger partial charge in [-0.3, -0.25) is 19.2 Å². The summed E-state index contributed by atoms with van der Waals surface area (Å²) in [6.45, 7) is 0. The first-order valence-electron chi connectivity index (χ1n) is 18.1. The number of phenolic OH excluding ortho intramolecular Hbond substituents is 2. The van der Waals surface area contributed by atoms with Gasteiger partial charge >= 0.3 is 0 Å². The van der Waals surface area contributed by atoms with Gasteiger partial charge in [-0.2, -0.15) is 0 Å². The van der Waals surface area contributed by atoms with Crippen LogP contribution in [0.2, 0.25) is 0 Å². The van der Waals surface area contributed by atoms with Gasteiger partial charge in [0.1, 0.15) is 23.0 Å². The fraction of sp³-hybridized carbons (Fsp3) is 0.0417. The minimum Gasteiger partial charge on any atom is -0.508 e. The number of carbonyl (C=O) groups is 4. The molecule has 7 aromatic carbocycles. The number of rotatable bonds is 2. The quantitative estimate of drug-likeness (QED) is 0.180. The van der Waals surface area contributed by atoms with Crippen molar-refractivity contribution in [3.8, 4) is 23.0 Å². The third-order valence-electron chi connectivity index (χ3n) is 11.4. The lowest BCUT2D eigenvalue weighted by Crippen LogP contribution is -2.32. The van der Waals surface area contributed by atoms with Crippen LogP contribution in [0.3, 0.4) is 0 Å². The van der Waals surface area contributed by atoms with E-state index in [0.29, 0.717) is 44.5 Å². The second-order valence-corrected chi connectivity index (χ2v) is 14.4. The van der Waals surface area contributed by atoms with E-state index in [1.54, 1.807) is 97.1 Å². The summed E-state index contributed by atoms with van der Waals surface area (Å²) < 4.78 is 12.6. The highest BCUT2D eigenvalue weighted by molar-refractivity contribution is 6.28. The highest BCUT2D eigenvalue weighted by Gasteiger charge is 2.45.